The zero-order valence-corrected chi connectivity index (χ0v) is 34.5. The first kappa shape index (κ1) is 37.6. The monoisotopic (exact) mass is 812 g/mol. The fraction of sp³-hybridized carbons (Fsp3) is 0.0172. The van der Waals surface area contributed by atoms with Crippen molar-refractivity contribution in [2.24, 2.45) is 0 Å². The lowest BCUT2D eigenvalue weighted by Crippen LogP contribution is -2.09. The highest BCUT2D eigenvalue weighted by Gasteiger charge is 2.18. The maximum atomic E-state index is 12.1. The Hall–Kier alpha value is -8.41. The SMILES string of the molecule is C=C(C)C(=O)Oc1ccc(-c2ccc(N(c3ccc(-c4ccc5c(c4)c4ccccc4n5-c4ccccc4)cc3)c3ccc(-c4cccc5c4oc4ccccc45)cc3)cc2)cc1. The lowest BCUT2D eigenvalue weighted by Gasteiger charge is -2.26. The molecule has 0 aliphatic rings. The second kappa shape index (κ2) is 15.6. The topological polar surface area (TPSA) is 47.6 Å². The Bertz CT molecular complexity index is 3490. The van der Waals surface area contributed by atoms with Crippen LogP contribution >= 0.6 is 0 Å². The molecule has 9 aromatic carbocycles. The van der Waals surface area contributed by atoms with E-state index in [4.69, 9.17) is 9.15 Å². The number of carbonyl (C=O) groups is 1. The minimum atomic E-state index is -0.437. The summed E-state index contributed by atoms with van der Waals surface area (Å²) in [6, 6.07) is 74.2. The third kappa shape index (κ3) is 6.82. The predicted octanol–water partition coefficient (Wildman–Crippen LogP) is 15.6. The van der Waals surface area contributed by atoms with Gasteiger partial charge in [-0.15, -0.1) is 0 Å². The number of aromatic nitrogens is 1. The van der Waals surface area contributed by atoms with E-state index in [1.165, 1.54) is 21.8 Å². The molecule has 0 unspecified atom stereocenters. The fourth-order valence-corrected chi connectivity index (χ4v) is 8.73. The predicted molar refractivity (Wildman–Crippen MR) is 259 cm³/mol. The number of hydrogen-bond acceptors (Lipinski definition) is 4. The van der Waals surface area contributed by atoms with E-state index in [-0.39, 0.29) is 0 Å². The number of esters is 1. The molecule has 63 heavy (non-hydrogen) atoms. The molecule has 11 rings (SSSR count). The van der Waals surface area contributed by atoms with E-state index in [0.29, 0.717) is 11.3 Å². The molecule has 0 amide bonds. The van der Waals surface area contributed by atoms with Crippen LogP contribution in [0.3, 0.4) is 0 Å². The van der Waals surface area contributed by atoms with Crippen LogP contribution in [0.2, 0.25) is 0 Å². The molecule has 2 heterocycles. The number of nitrogens with zero attached hydrogens (tertiary/aromatic N) is 2. The molecule has 0 bridgehead atoms. The van der Waals surface area contributed by atoms with Crippen LogP contribution in [0.1, 0.15) is 6.92 Å². The van der Waals surface area contributed by atoms with E-state index >= 15 is 0 Å². The van der Waals surface area contributed by atoms with E-state index < -0.39 is 5.97 Å². The number of rotatable bonds is 9. The van der Waals surface area contributed by atoms with Gasteiger partial charge in [-0.3, -0.25) is 0 Å². The minimum absolute atomic E-state index is 0.358. The summed E-state index contributed by atoms with van der Waals surface area (Å²) in [7, 11) is 0. The number of anilines is 3. The van der Waals surface area contributed by atoms with Gasteiger partial charge in [0.15, 0.2) is 0 Å². The second-order valence-electron chi connectivity index (χ2n) is 15.9. The third-order valence-electron chi connectivity index (χ3n) is 11.9. The Morgan fingerprint density at radius 3 is 1.68 bits per heavy atom. The molecule has 11 aromatic rings. The fourth-order valence-electron chi connectivity index (χ4n) is 8.73. The van der Waals surface area contributed by atoms with Gasteiger partial charge in [0.1, 0.15) is 16.9 Å². The highest BCUT2D eigenvalue weighted by molar-refractivity contribution is 6.11. The Kier molecular flexibility index (Phi) is 9.28. The quantitative estimate of drug-likeness (QED) is 0.0827. The van der Waals surface area contributed by atoms with Gasteiger partial charge in [0.25, 0.3) is 0 Å². The molecule has 0 radical (unpaired) electrons. The highest BCUT2D eigenvalue weighted by Crippen LogP contribution is 2.41. The van der Waals surface area contributed by atoms with Crippen LogP contribution in [0.25, 0.3) is 82.8 Å². The van der Waals surface area contributed by atoms with Gasteiger partial charge in [0.05, 0.1) is 11.0 Å². The highest BCUT2D eigenvalue weighted by atomic mass is 16.5. The summed E-state index contributed by atoms with van der Waals surface area (Å²) in [5.41, 5.74) is 15.2. The number of fused-ring (bicyclic) bond motifs is 6. The van der Waals surface area contributed by atoms with Crippen LogP contribution in [-0.4, -0.2) is 10.5 Å². The van der Waals surface area contributed by atoms with Gasteiger partial charge in [-0.2, -0.15) is 0 Å². The van der Waals surface area contributed by atoms with Gasteiger partial charge >= 0.3 is 5.97 Å². The lowest BCUT2D eigenvalue weighted by atomic mass is 10.0. The summed E-state index contributed by atoms with van der Waals surface area (Å²) in [4.78, 5) is 14.4. The van der Waals surface area contributed by atoms with Crippen molar-refractivity contribution < 1.29 is 13.9 Å². The molecular formula is C58H40N2O3. The zero-order chi connectivity index (χ0) is 42.4. The van der Waals surface area contributed by atoms with Crippen molar-refractivity contribution >= 4 is 66.8 Å². The first-order valence-electron chi connectivity index (χ1n) is 21.0. The maximum Gasteiger partial charge on any atom is 0.338 e. The third-order valence-corrected chi connectivity index (χ3v) is 11.9. The van der Waals surface area contributed by atoms with Crippen LogP contribution in [0.5, 0.6) is 5.75 Å². The largest absolute Gasteiger partial charge is 0.455 e. The van der Waals surface area contributed by atoms with Crippen molar-refractivity contribution in [3.8, 4) is 44.8 Å². The van der Waals surface area contributed by atoms with Crippen molar-refractivity contribution in [1.29, 1.82) is 0 Å². The zero-order valence-electron chi connectivity index (χ0n) is 34.5. The van der Waals surface area contributed by atoms with E-state index in [1.54, 1.807) is 6.92 Å². The lowest BCUT2D eigenvalue weighted by molar-refractivity contribution is -0.130. The van der Waals surface area contributed by atoms with Crippen molar-refractivity contribution in [2.75, 3.05) is 4.90 Å². The van der Waals surface area contributed by atoms with Crippen LogP contribution in [0.15, 0.2) is 229 Å². The average molecular weight is 813 g/mol. The van der Waals surface area contributed by atoms with E-state index in [2.05, 4.69) is 192 Å². The number of ether oxygens (including phenoxy) is 1. The summed E-state index contributed by atoms with van der Waals surface area (Å²) in [6.07, 6.45) is 0. The number of carbonyl (C=O) groups excluding carboxylic acids is 1. The van der Waals surface area contributed by atoms with Gasteiger partial charge in [0, 0.05) is 55.4 Å². The molecule has 0 fully saturated rings. The number of furan rings is 1. The number of para-hydroxylation sites is 4. The second-order valence-corrected chi connectivity index (χ2v) is 15.9. The molecule has 300 valence electrons. The van der Waals surface area contributed by atoms with E-state index in [9.17, 15) is 4.79 Å². The summed E-state index contributed by atoms with van der Waals surface area (Å²) in [5, 5.41) is 4.67. The summed E-state index contributed by atoms with van der Waals surface area (Å²) < 4.78 is 14.2. The molecule has 0 saturated carbocycles. The van der Waals surface area contributed by atoms with Crippen molar-refractivity contribution in [3.63, 3.8) is 0 Å². The Labute approximate surface area is 365 Å². The van der Waals surface area contributed by atoms with Crippen LogP contribution < -0.4 is 9.64 Å². The standard InChI is InChI=1S/C58H40N2O3/c1-38(2)58(61)62-48-34-25-40(26-35-48)39-19-28-45(29-20-39)59(47-32-23-42(24-33-47)49-15-10-16-52-51-14-7-9-18-56(51)63-57(49)52)46-30-21-41(22-31-46)43-27-36-55-53(37-43)50-13-6-8-17-54(50)60(55)44-11-4-3-5-12-44/h3-37H,1H2,2H3. The van der Waals surface area contributed by atoms with E-state index in [0.717, 1.165) is 78.1 Å². The van der Waals surface area contributed by atoms with Crippen molar-refractivity contribution in [1.82, 2.24) is 4.57 Å². The minimum Gasteiger partial charge on any atom is -0.455 e. The van der Waals surface area contributed by atoms with Gasteiger partial charge in [-0.05, 0) is 120 Å². The van der Waals surface area contributed by atoms with Gasteiger partial charge in [-0.1, -0.05) is 134 Å². The molecule has 0 aliphatic carbocycles. The Morgan fingerprint density at radius 2 is 1.02 bits per heavy atom. The van der Waals surface area contributed by atoms with Crippen LogP contribution in [-0.2, 0) is 4.79 Å². The molecule has 5 nitrogen and oxygen atoms in total. The summed E-state index contributed by atoms with van der Waals surface area (Å²) >= 11 is 0. The first-order valence-corrected chi connectivity index (χ1v) is 21.0. The molecule has 0 saturated heterocycles. The van der Waals surface area contributed by atoms with Gasteiger partial charge in [-0.25, -0.2) is 4.79 Å². The molecule has 0 spiro atoms. The average Bonchev–Trinajstić information content (AvgIpc) is 3.89. The first-order chi connectivity index (χ1) is 31.0. The molecule has 2 aromatic heterocycles. The molecule has 5 heteroatoms. The maximum absolute atomic E-state index is 12.1. The smallest absolute Gasteiger partial charge is 0.338 e. The Morgan fingerprint density at radius 1 is 0.492 bits per heavy atom. The summed E-state index contributed by atoms with van der Waals surface area (Å²) in [5.74, 6) is 0.0462. The van der Waals surface area contributed by atoms with E-state index in [1.807, 2.05) is 36.4 Å². The van der Waals surface area contributed by atoms with Crippen LogP contribution in [0, 0.1) is 0 Å². The number of hydrogen-bond donors (Lipinski definition) is 0. The molecule has 0 aliphatic heterocycles. The van der Waals surface area contributed by atoms with Gasteiger partial charge < -0.3 is 18.6 Å². The molecule has 0 N–H and O–H groups in total. The molecular weight excluding hydrogens is 773 g/mol. The van der Waals surface area contributed by atoms with Gasteiger partial charge in [0.2, 0.25) is 0 Å². The normalized spacial score (nSPS) is 11.4. The Balaban J connectivity index is 0.958. The number of benzene rings is 9. The van der Waals surface area contributed by atoms with Crippen molar-refractivity contribution in [3.05, 3.63) is 224 Å². The van der Waals surface area contributed by atoms with Crippen molar-refractivity contribution in [2.45, 2.75) is 6.92 Å². The molecule has 0 atom stereocenters. The van der Waals surface area contributed by atoms with Crippen LogP contribution in [0.4, 0.5) is 17.1 Å². The summed E-state index contributed by atoms with van der Waals surface area (Å²) in [6.45, 7) is 5.32.